The van der Waals surface area contributed by atoms with E-state index in [0.29, 0.717) is 34.0 Å². The second-order valence-electron chi connectivity index (χ2n) is 24.1. The molecule has 19 rings (SSSR count). The quantitative estimate of drug-likeness (QED) is 0.155. The molecule has 0 aliphatic heterocycles. The molecule has 3 aromatic heterocycles. The van der Waals surface area contributed by atoms with E-state index in [-0.39, 0.29) is 0 Å². The number of aromatic nitrogens is 1. The first-order chi connectivity index (χ1) is 28.5. The molecule has 3 heteroatoms. The molecule has 9 saturated carbocycles. The lowest BCUT2D eigenvalue weighted by Gasteiger charge is -2.48. The highest BCUT2D eigenvalue weighted by atomic mass is 16.3. The van der Waals surface area contributed by atoms with Gasteiger partial charge in [0.15, 0.2) is 0 Å². The van der Waals surface area contributed by atoms with Gasteiger partial charge in [-0.3, -0.25) is 0 Å². The fraction of sp³-hybridized carbons (Fsp3) is 0.545. The number of benzene rings is 4. The number of furan rings is 1. The summed E-state index contributed by atoms with van der Waals surface area (Å²) in [5, 5.41) is 19.8. The Balaban J connectivity index is 0.991. The molecular formula is C55H48N2O. The van der Waals surface area contributed by atoms with Crippen molar-refractivity contribution < 1.29 is 4.42 Å². The van der Waals surface area contributed by atoms with Crippen LogP contribution in [0.4, 0.5) is 0 Å². The van der Waals surface area contributed by atoms with E-state index in [1.54, 1.807) is 33.2 Å². The van der Waals surface area contributed by atoms with Gasteiger partial charge in [0.1, 0.15) is 11.2 Å². The van der Waals surface area contributed by atoms with Crippen molar-refractivity contribution in [1.29, 1.82) is 5.26 Å². The van der Waals surface area contributed by atoms with Crippen molar-refractivity contribution in [2.24, 2.45) is 51.8 Å². The monoisotopic (exact) mass is 752 g/mol. The molecule has 0 N–H and O–H groups in total. The lowest BCUT2D eigenvalue weighted by molar-refractivity contribution is 0.00321. The first-order valence-electron chi connectivity index (χ1n) is 24.2. The van der Waals surface area contributed by atoms with Crippen molar-refractivity contribution in [2.45, 2.75) is 132 Å². The van der Waals surface area contributed by atoms with Crippen LogP contribution in [0, 0.1) is 63.1 Å². The highest BCUT2D eigenvalue weighted by molar-refractivity contribution is 6.34. The molecule has 9 bridgehead atoms. The fourth-order valence-corrected chi connectivity index (χ4v) is 21.6. The number of nitrogens with zero attached hydrogens (tertiary/aromatic N) is 2. The second-order valence-corrected chi connectivity index (χ2v) is 24.1. The average Bonchev–Trinajstić information content (AvgIpc) is 4.10. The number of hydrogen-bond acceptors (Lipinski definition) is 2. The summed E-state index contributed by atoms with van der Waals surface area (Å²) in [4.78, 5) is 0. The van der Waals surface area contributed by atoms with Gasteiger partial charge >= 0.3 is 0 Å². The third kappa shape index (κ3) is 2.67. The van der Waals surface area contributed by atoms with Crippen molar-refractivity contribution in [2.75, 3.05) is 0 Å². The van der Waals surface area contributed by atoms with Gasteiger partial charge in [-0.15, -0.1) is 0 Å². The lowest BCUT2D eigenvalue weighted by atomic mass is 9.56. The molecule has 0 saturated heterocycles. The Hall–Kier alpha value is -4.03. The average molecular weight is 753 g/mol. The first kappa shape index (κ1) is 29.2. The summed E-state index contributed by atoms with van der Waals surface area (Å²) in [6, 6.07) is 18.4. The Kier molecular flexibility index (Phi) is 4.27. The number of fused-ring (bicyclic) bond motifs is 27. The molecular weight excluding hydrogens is 705 g/mol. The van der Waals surface area contributed by atoms with Crippen LogP contribution in [0.1, 0.15) is 171 Å². The Morgan fingerprint density at radius 2 is 1.07 bits per heavy atom. The number of nitriles is 1. The summed E-state index contributed by atoms with van der Waals surface area (Å²) in [6.45, 7) is 0. The van der Waals surface area contributed by atoms with Gasteiger partial charge in [0, 0.05) is 26.9 Å². The molecule has 3 nitrogen and oxygen atoms in total. The summed E-state index contributed by atoms with van der Waals surface area (Å²) in [5.41, 5.74) is 19.1. The standard InChI is InChI=1S/C55H48N2O/c56-22-29-9-43-49(47-28-8-35-12-33-6-26(45(29)47)19-55(33,35)21-28)50-51-41(48-42(57(43)51)2-1-36-23-3-30-11-34-7-27(46(36)48)20-54(30,34)16-23)14-40-39-13-37-24-4-31-10-32-5-25(18-53(31,32)17-24)38(37)15-44(39)58-52(40)50/h1-2,9,13-15,23-28,30-35H,3-8,10-12,16-21H2. The topological polar surface area (TPSA) is 41.3 Å². The summed E-state index contributed by atoms with van der Waals surface area (Å²) >= 11 is 0. The summed E-state index contributed by atoms with van der Waals surface area (Å²) in [7, 11) is 0. The van der Waals surface area contributed by atoms with Crippen LogP contribution < -0.4 is 0 Å². The SMILES string of the molecule is N#Cc1cc2c(c3c1C1CC4CC5CC3CC45C1)c1c3oc4cc5c(cc4c3cc3c4c6c(ccc4n2c31)C1CC2CC3CC6CC23C1)C1CC2CC3CC5CC32C1. The van der Waals surface area contributed by atoms with Crippen molar-refractivity contribution in [3.05, 3.63) is 75.3 Å². The highest BCUT2D eigenvalue weighted by Gasteiger charge is 2.68. The first-order valence-corrected chi connectivity index (χ1v) is 24.2. The van der Waals surface area contributed by atoms with Gasteiger partial charge in [-0.05, 0) is 247 Å². The molecule has 4 aromatic carbocycles. The maximum Gasteiger partial charge on any atom is 0.145 e. The zero-order chi connectivity index (χ0) is 36.7. The fourth-order valence-electron chi connectivity index (χ4n) is 21.6. The van der Waals surface area contributed by atoms with Crippen LogP contribution >= 0.6 is 0 Å². The predicted molar refractivity (Wildman–Crippen MR) is 227 cm³/mol. The minimum atomic E-state index is 0.538. The molecule has 284 valence electrons. The van der Waals surface area contributed by atoms with Crippen LogP contribution in [0.25, 0.3) is 60.0 Å². The third-order valence-corrected chi connectivity index (χ3v) is 23.2. The van der Waals surface area contributed by atoms with E-state index in [0.717, 1.165) is 70.0 Å². The molecule has 9 fully saturated rings. The van der Waals surface area contributed by atoms with E-state index < -0.39 is 0 Å². The van der Waals surface area contributed by atoms with E-state index in [9.17, 15) is 5.26 Å². The van der Waals surface area contributed by atoms with E-state index in [1.165, 1.54) is 145 Å². The van der Waals surface area contributed by atoms with Crippen molar-refractivity contribution >= 4 is 60.0 Å². The molecule has 15 unspecified atom stereocenters. The van der Waals surface area contributed by atoms with Crippen LogP contribution in [-0.4, -0.2) is 4.40 Å². The molecule has 58 heavy (non-hydrogen) atoms. The van der Waals surface area contributed by atoms with E-state index in [4.69, 9.17) is 4.42 Å². The molecule has 0 amide bonds. The Labute approximate surface area is 337 Å². The van der Waals surface area contributed by atoms with Gasteiger partial charge in [-0.25, -0.2) is 0 Å². The molecule has 12 aliphatic carbocycles. The lowest BCUT2D eigenvalue weighted by Crippen LogP contribution is -2.41. The largest absolute Gasteiger partial charge is 0.455 e. The molecule has 7 aromatic rings. The zero-order valence-corrected chi connectivity index (χ0v) is 33.3. The van der Waals surface area contributed by atoms with Crippen LogP contribution in [-0.2, 0) is 0 Å². The van der Waals surface area contributed by atoms with E-state index >= 15 is 0 Å². The van der Waals surface area contributed by atoms with Crippen molar-refractivity contribution in [1.82, 2.24) is 4.40 Å². The normalized spacial score (nSPS) is 45.4. The van der Waals surface area contributed by atoms with Crippen LogP contribution in [0.5, 0.6) is 0 Å². The van der Waals surface area contributed by atoms with Gasteiger partial charge in [0.05, 0.1) is 33.6 Å². The summed E-state index contributed by atoms with van der Waals surface area (Å²) in [6.07, 6.45) is 21.1. The van der Waals surface area contributed by atoms with Crippen molar-refractivity contribution in [3.8, 4) is 6.07 Å². The third-order valence-electron chi connectivity index (χ3n) is 23.2. The Morgan fingerprint density at radius 1 is 0.500 bits per heavy atom. The van der Waals surface area contributed by atoms with Gasteiger partial charge < -0.3 is 8.82 Å². The molecule has 0 radical (unpaired) electrons. The maximum atomic E-state index is 11.1. The molecule has 3 heterocycles. The highest BCUT2D eigenvalue weighted by Crippen LogP contribution is 2.79. The summed E-state index contributed by atoms with van der Waals surface area (Å²) < 4.78 is 10.2. The smallest absolute Gasteiger partial charge is 0.145 e. The van der Waals surface area contributed by atoms with E-state index in [1.807, 2.05) is 0 Å². The van der Waals surface area contributed by atoms with Crippen molar-refractivity contribution in [3.63, 3.8) is 0 Å². The van der Waals surface area contributed by atoms with Gasteiger partial charge in [-0.2, -0.15) is 5.26 Å². The zero-order valence-electron chi connectivity index (χ0n) is 33.3. The number of rotatable bonds is 0. The summed E-state index contributed by atoms with van der Waals surface area (Å²) in [5.74, 6) is 9.64. The van der Waals surface area contributed by atoms with E-state index in [2.05, 4.69) is 46.9 Å². The van der Waals surface area contributed by atoms with Crippen LogP contribution in [0.15, 0.2) is 40.8 Å². The van der Waals surface area contributed by atoms with Gasteiger partial charge in [0.2, 0.25) is 0 Å². The van der Waals surface area contributed by atoms with Gasteiger partial charge in [-0.1, -0.05) is 6.07 Å². The molecule has 12 aliphatic rings. The maximum absolute atomic E-state index is 11.1. The minimum absolute atomic E-state index is 0.538. The van der Waals surface area contributed by atoms with Crippen LogP contribution in [0.2, 0.25) is 0 Å². The second kappa shape index (κ2) is 8.47. The Bertz CT molecular complexity index is 3320. The minimum Gasteiger partial charge on any atom is -0.455 e. The van der Waals surface area contributed by atoms with Crippen LogP contribution in [0.3, 0.4) is 0 Å². The molecule has 3 spiro atoms. The Morgan fingerprint density at radius 3 is 1.72 bits per heavy atom. The van der Waals surface area contributed by atoms with Gasteiger partial charge in [0.25, 0.3) is 0 Å². The number of hydrogen-bond donors (Lipinski definition) is 0. The molecule has 15 atom stereocenters. The predicted octanol–water partition coefficient (Wildman–Crippen LogP) is 13.8.